The summed E-state index contributed by atoms with van der Waals surface area (Å²) in [4.78, 5) is 0. The van der Waals surface area contributed by atoms with Crippen LogP contribution in [0.4, 0.5) is 0 Å². The highest BCUT2D eigenvalue weighted by atomic mass is 16.7. The number of likely N-dealkylation sites (N-methyl/N-ethyl adjacent to an activating group) is 1. The van der Waals surface area contributed by atoms with Crippen LogP contribution in [0.3, 0.4) is 0 Å². The van der Waals surface area contributed by atoms with Crippen LogP contribution in [0.2, 0.25) is 0 Å². The summed E-state index contributed by atoms with van der Waals surface area (Å²) in [5.41, 5.74) is 4.40. The van der Waals surface area contributed by atoms with Gasteiger partial charge in [0.05, 0.1) is 54.2 Å². The lowest BCUT2D eigenvalue weighted by molar-refractivity contribution is -0.910. The van der Waals surface area contributed by atoms with E-state index in [9.17, 15) is 0 Å². The third-order valence-corrected chi connectivity index (χ3v) is 7.73. The maximum Gasteiger partial charge on any atom is 0.214 e. The molecule has 1 fully saturated rings. The molecule has 6 nitrogen and oxygen atoms in total. The van der Waals surface area contributed by atoms with E-state index in [1.807, 2.05) is 72.8 Å². The number of quaternary nitrogens is 1. The first-order valence-corrected chi connectivity index (χ1v) is 15.0. The summed E-state index contributed by atoms with van der Waals surface area (Å²) in [7, 11) is 6.48. The number of hydrogen-bond acceptors (Lipinski definition) is 5. The van der Waals surface area contributed by atoms with Gasteiger partial charge in [0.25, 0.3) is 0 Å². The number of hydrogen-bond donors (Lipinski definition) is 0. The predicted octanol–water partition coefficient (Wildman–Crippen LogP) is 6.39. The lowest BCUT2D eigenvalue weighted by Crippen LogP contribution is -2.69. The fourth-order valence-corrected chi connectivity index (χ4v) is 5.52. The number of benzene rings is 4. The third-order valence-electron chi connectivity index (χ3n) is 7.73. The fourth-order valence-electron chi connectivity index (χ4n) is 5.52. The van der Waals surface area contributed by atoms with E-state index in [1.54, 1.807) is 0 Å². The van der Waals surface area contributed by atoms with Crippen LogP contribution < -0.4 is 0 Å². The summed E-state index contributed by atoms with van der Waals surface area (Å²) in [5, 5.41) is 0. The van der Waals surface area contributed by atoms with Crippen LogP contribution in [0.25, 0.3) is 0 Å². The smallest absolute Gasteiger partial charge is 0.214 e. The number of nitrogens with zero attached hydrogens (tertiary/aromatic N) is 1. The molecule has 226 valence electrons. The monoisotopic (exact) mass is 582 g/mol. The standard InChI is InChI=1S/C37H44NO5/c1-38(2,3)34-36(41-26-31-20-12-6-13-21-31)35(40-25-30-18-10-5-11-19-30)33(28-39-24-29-16-8-4-9-17-29)43-37(34)42-27-32-22-14-7-15-23-32/h4-23,33-37H,24-28H2,1-3H3/q+1/t33-,34-,35-,36-,37+/m1/s1. The molecule has 0 amide bonds. The quantitative estimate of drug-likeness (QED) is 0.161. The summed E-state index contributed by atoms with van der Waals surface area (Å²) < 4.78 is 33.8. The normalized spacial score (nSPS) is 22.3. The van der Waals surface area contributed by atoms with Gasteiger partial charge in [-0.3, -0.25) is 0 Å². The van der Waals surface area contributed by atoms with Crippen LogP contribution in [0, 0.1) is 0 Å². The Kier molecular flexibility index (Phi) is 11.1. The van der Waals surface area contributed by atoms with Crippen molar-refractivity contribution >= 4 is 0 Å². The molecule has 1 heterocycles. The van der Waals surface area contributed by atoms with E-state index in [2.05, 4.69) is 69.7 Å². The molecule has 1 aliphatic heterocycles. The van der Waals surface area contributed by atoms with E-state index >= 15 is 0 Å². The Balaban J connectivity index is 1.43. The van der Waals surface area contributed by atoms with Crippen molar-refractivity contribution in [3.63, 3.8) is 0 Å². The summed E-state index contributed by atoms with van der Waals surface area (Å²) in [6.45, 7) is 2.15. The Labute approximate surface area is 256 Å². The number of rotatable bonds is 14. The largest absolute Gasteiger partial charge is 0.374 e. The summed E-state index contributed by atoms with van der Waals surface area (Å²) in [6.07, 6.45) is -1.66. The molecule has 0 aliphatic carbocycles. The average molecular weight is 583 g/mol. The molecule has 0 unspecified atom stereocenters. The molecule has 1 saturated heterocycles. The van der Waals surface area contributed by atoms with Gasteiger partial charge in [-0.25, -0.2) is 0 Å². The van der Waals surface area contributed by atoms with Crippen LogP contribution in [-0.4, -0.2) is 62.9 Å². The van der Waals surface area contributed by atoms with Gasteiger partial charge in [0.15, 0.2) is 6.04 Å². The molecular formula is C37H44NO5+. The molecule has 1 aliphatic rings. The minimum Gasteiger partial charge on any atom is -0.374 e. The summed E-state index contributed by atoms with van der Waals surface area (Å²) in [6, 6.07) is 40.7. The molecule has 0 N–H and O–H groups in total. The van der Waals surface area contributed by atoms with Crippen LogP contribution in [0.5, 0.6) is 0 Å². The molecule has 6 heteroatoms. The van der Waals surface area contributed by atoms with Crippen molar-refractivity contribution in [2.45, 2.75) is 57.1 Å². The Morgan fingerprint density at radius 2 is 0.907 bits per heavy atom. The van der Waals surface area contributed by atoms with Gasteiger partial charge in [0.2, 0.25) is 6.29 Å². The third kappa shape index (κ3) is 9.07. The molecule has 0 spiro atoms. The molecule has 5 atom stereocenters. The minimum absolute atomic E-state index is 0.168. The Morgan fingerprint density at radius 3 is 1.35 bits per heavy atom. The first-order valence-electron chi connectivity index (χ1n) is 15.0. The summed E-state index contributed by atoms with van der Waals surface area (Å²) >= 11 is 0. The van der Waals surface area contributed by atoms with Gasteiger partial charge in [-0.05, 0) is 22.3 Å². The van der Waals surface area contributed by atoms with Crippen LogP contribution in [0.1, 0.15) is 22.3 Å². The van der Waals surface area contributed by atoms with Crippen molar-refractivity contribution in [2.75, 3.05) is 27.7 Å². The van der Waals surface area contributed by atoms with Gasteiger partial charge in [-0.2, -0.15) is 0 Å². The van der Waals surface area contributed by atoms with E-state index in [1.165, 1.54) is 0 Å². The van der Waals surface area contributed by atoms with E-state index in [0.717, 1.165) is 22.3 Å². The minimum atomic E-state index is -0.539. The van der Waals surface area contributed by atoms with Gasteiger partial charge in [0.1, 0.15) is 18.3 Å². The molecule has 5 rings (SSSR count). The Hall–Kier alpha value is -3.36. The van der Waals surface area contributed by atoms with Crippen molar-refractivity contribution < 1.29 is 28.2 Å². The maximum absolute atomic E-state index is 6.83. The lowest BCUT2D eigenvalue weighted by Gasteiger charge is -2.50. The molecule has 4 aromatic rings. The second-order valence-electron chi connectivity index (χ2n) is 12.0. The van der Waals surface area contributed by atoms with Crippen LogP contribution in [0.15, 0.2) is 121 Å². The SMILES string of the molecule is C[N+](C)(C)[C@H]1[C@@H](OCc2ccccc2)O[C@H](COCc2ccccc2)[C@@H](OCc2ccccc2)[C@@H]1OCc1ccccc1. The zero-order chi connectivity index (χ0) is 29.9. The zero-order valence-electron chi connectivity index (χ0n) is 25.5. The summed E-state index contributed by atoms with van der Waals surface area (Å²) in [5.74, 6) is 0. The van der Waals surface area contributed by atoms with Crippen molar-refractivity contribution in [1.29, 1.82) is 0 Å². The van der Waals surface area contributed by atoms with Gasteiger partial charge in [-0.15, -0.1) is 0 Å². The average Bonchev–Trinajstić information content (AvgIpc) is 3.03. The highest BCUT2D eigenvalue weighted by Gasteiger charge is 2.54. The fraction of sp³-hybridized carbons (Fsp3) is 0.351. The highest BCUT2D eigenvalue weighted by Crippen LogP contribution is 2.33. The molecule has 0 radical (unpaired) electrons. The van der Waals surface area contributed by atoms with E-state index in [-0.39, 0.29) is 12.1 Å². The van der Waals surface area contributed by atoms with Gasteiger partial charge in [-0.1, -0.05) is 121 Å². The van der Waals surface area contributed by atoms with Crippen LogP contribution in [-0.2, 0) is 50.1 Å². The van der Waals surface area contributed by atoms with Crippen molar-refractivity contribution in [3.8, 4) is 0 Å². The molecule has 0 aromatic heterocycles. The van der Waals surface area contributed by atoms with Crippen molar-refractivity contribution in [1.82, 2.24) is 0 Å². The Bertz CT molecular complexity index is 1330. The molecular weight excluding hydrogens is 538 g/mol. The Morgan fingerprint density at radius 1 is 0.512 bits per heavy atom. The second-order valence-corrected chi connectivity index (χ2v) is 12.0. The number of ether oxygens (including phenoxy) is 5. The van der Waals surface area contributed by atoms with Gasteiger partial charge in [0, 0.05) is 0 Å². The molecule has 0 saturated carbocycles. The van der Waals surface area contributed by atoms with E-state index < -0.39 is 18.5 Å². The van der Waals surface area contributed by atoms with Crippen LogP contribution >= 0.6 is 0 Å². The topological polar surface area (TPSA) is 46.2 Å². The molecule has 43 heavy (non-hydrogen) atoms. The van der Waals surface area contributed by atoms with Gasteiger partial charge < -0.3 is 28.2 Å². The molecule has 0 bridgehead atoms. The zero-order valence-corrected chi connectivity index (χ0v) is 25.5. The van der Waals surface area contributed by atoms with E-state index in [4.69, 9.17) is 23.7 Å². The van der Waals surface area contributed by atoms with Gasteiger partial charge >= 0.3 is 0 Å². The lowest BCUT2D eigenvalue weighted by atomic mass is 9.94. The predicted molar refractivity (Wildman–Crippen MR) is 168 cm³/mol. The first kappa shape index (κ1) is 31.1. The molecule has 4 aromatic carbocycles. The van der Waals surface area contributed by atoms with E-state index in [0.29, 0.717) is 37.5 Å². The van der Waals surface area contributed by atoms with Crippen molar-refractivity contribution in [2.24, 2.45) is 0 Å². The maximum atomic E-state index is 6.83. The first-order chi connectivity index (χ1) is 21.0. The highest BCUT2D eigenvalue weighted by molar-refractivity contribution is 5.16. The van der Waals surface area contributed by atoms with Crippen molar-refractivity contribution in [3.05, 3.63) is 144 Å². The second kappa shape index (κ2) is 15.4.